The van der Waals surface area contributed by atoms with Crippen molar-refractivity contribution in [2.75, 3.05) is 11.1 Å². The average molecular weight is 447 g/mol. The molecule has 26 heavy (non-hydrogen) atoms. The van der Waals surface area contributed by atoms with E-state index in [0.717, 1.165) is 10.7 Å². The van der Waals surface area contributed by atoms with Crippen molar-refractivity contribution < 1.29 is 23.2 Å². The second-order valence-electron chi connectivity index (χ2n) is 5.27. The molecular weight excluding hydrogens is 432 g/mol. The Balaban J connectivity index is 2.25. The molecule has 0 aliphatic rings. The van der Waals surface area contributed by atoms with Gasteiger partial charge in [0.2, 0.25) is 5.91 Å². The number of rotatable bonds is 6. The maximum Gasteiger partial charge on any atom is 0.404 e. The molecule has 0 saturated carbocycles. The number of aromatic nitrogens is 2. The minimum atomic E-state index is -3.51. The first kappa shape index (κ1) is 19.8. The van der Waals surface area contributed by atoms with E-state index < -0.39 is 26.5 Å². The van der Waals surface area contributed by atoms with Crippen LogP contribution in [-0.2, 0) is 21.2 Å². The number of nitrogens with one attached hydrogen (secondary N) is 1. The molecule has 140 valence electrons. The number of anilines is 1. The van der Waals surface area contributed by atoms with E-state index in [2.05, 4.69) is 26.3 Å². The molecule has 1 aromatic heterocycles. The van der Waals surface area contributed by atoms with Crippen molar-refractivity contribution in [3.63, 3.8) is 0 Å². The SMILES string of the molecule is CCS(=O)(=O)c1ccc(O)c(NC(=O)Cn2nc([N+](=O)[O-])c(Br)c2C)c1. The van der Waals surface area contributed by atoms with Crippen molar-refractivity contribution in [1.29, 1.82) is 0 Å². The van der Waals surface area contributed by atoms with Gasteiger partial charge in [0.15, 0.2) is 9.84 Å². The number of carbonyl (C=O) groups excluding carboxylic acids is 1. The molecule has 0 fully saturated rings. The van der Waals surface area contributed by atoms with Gasteiger partial charge in [-0.3, -0.25) is 4.79 Å². The molecule has 0 saturated heterocycles. The van der Waals surface area contributed by atoms with Crippen molar-refractivity contribution >= 4 is 43.2 Å². The van der Waals surface area contributed by atoms with Crippen molar-refractivity contribution in [2.45, 2.75) is 25.3 Å². The number of hydrogen-bond donors (Lipinski definition) is 2. The van der Waals surface area contributed by atoms with E-state index >= 15 is 0 Å². The van der Waals surface area contributed by atoms with Gasteiger partial charge < -0.3 is 20.5 Å². The number of phenols is 1. The predicted octanol–water partition coefficient (Wildman–Crippen LogP) is 2.00. The second-order valence-corrected chi connectivity index (χ2v) is 8.34. The van der Waals surface area contributed by atoms with E-state index in [1.54, 1.807) is 6.92 Å². The van der Waals surface area contributed by atoms with Gasteiger partial charge in [0.1, 0.15) is 16.8 Å². The largest absolute Gasteiger partial charge is 0.506 e. The van der Waals surface area contributed by atoms with E-state index in [0.29, 0.717) is 5.69 Å². The van der Waals surface area contributed by atoms with Crippen LogP contribution in [0.15, 0.2) is 27.6 Å². The summed E-state index contributed by atoms with van der Waals surface area (Å²) in [6.45, 7) is 2.66. The molecule has 2 N–H and O–H groups in total. The summed E-state index contributed by atoms with van der Waals surface area (Å²) in [7, 11) is -3.51. The third kappa shape index (κ3) is 4.02. The predicted molar refractivity (Wildman–Crippen MR) is 95.8 cm³/mol. The molecule has 0 atom stereocenters. The highest BCUT2D eigenvalue weighted by molar-refractivity contribution is 9.10. The van der Waals surface area contributed by atoms with Crippen LogP contribution in [0.1, 0.15) is 12.6 Å². The normalized spacial score (nSPS) is 11.3. The van der Waals surface area contributed by atoms with Crippen molar-refractivity contribution in [1.82, 2.24) is 9.78 Å². The number of benzene rings is 1. The number of carbonyl (C=O) groups is 1. The van der Waals surface area contributed by atoms with Crippen LogP contribution < -0.4 is 5.32 Å². The lowest BCUT2D eigenvalue weighted by molar-refractivity contribution is -0.390. The van der Waals surface area contributed by atoms with Crippen LogP contribution in [0.25, 0.3) is 0 Å². The first-order valence-electron chi connectivity index (χ1n) is 7.29. The van der Waals surface area contributed by atoms with Crippen LogP contribution >= 0.6 is 15.9 Å². The van der Waals surface area contributed by atoms with Gasteiger partial charge in [0.05, 0.1) is 27.1 Å². The average Bonchev–Trinajstić information content (AvgIpc) is 2.85. The molecule has 0 unspecified atom stereocenters. The third-order valence-corrected chi connectivity index (χ3v) is 6.22. The van der Waals surface area contributed by atoms with E-state index in [9.17, 15) is 28.4 Å². The number of phenolic OH excluding ortho intramolecular Hbond substituents is 1. The number of hydrogen-bond acceptors (Lipinski definition) is 7. The fourth-order valence-electron chi connectivity index (χ4n) is 2.08. The van der Waals surface area contributed by atoms with Crippen LogP contribution in [-0.4, -0.2) is 39.9 Å². The van der Waals surface area contributed by atoms with E-state index in [1.165, 1.54) is 19.1 Å². The molecular formula is C14H15BrN4O6S. The smallest absolute Gasteiger partial charge is 0.404 e. The molecule has 2 rings (SSSR count). The fraction of sp³-hybridized carbons (Fsp3) is 0.286. The summed E-state index contributed by atoms with van der Waals surface area (Å²) in [5.74, 6) is -1.50. The van der Waals surface area contributed by atoms with Gasteiger partial charge in [-0.2, -0.15) is 4.68 Å². The molecule has 1 amide bonds. The zero-order chi connectivity index (χ0) is 19.6. The summed E-state index contributed by atoms with van der Waals surface area (Å²) >= 11 is 3.05. The summed E-state index contributed by atoms with van der Waals surface area (Å²) in [5.41, 5.74) is 0.293. The van der Waals surface area contributed by atoms with Crippen molar-refractivity contribution in [2.24, 2.45) is 0 Å². The molecule has 0 spiro atoms. The minimum Gasteiger partial charge on any atom is -0.506 e. The van der Waals surface area contributed by atoms with E-state index in [4.69, 9.17) is 0 Å². The Kier molecular flexibility index (Phi) is 5.66. The Labute approximate surface area is 157 Å². The molecule has 0 bridgehead atoms. The van der Waals surface area contributed by atoms with Gasteiger partial charge in [0, 0.05) is 0 Å². The number of aromatic hydroxyl groups is 1. The van der Waals surface area contributed by atoms with Gasteiger partial charge in [0.25, 0.3) is 0 Å². The molecule has 0 aliphatic carbocycles. The van der Waals surface area contributed by atoms with Crippen LogP contribution in [0.2, 0.25) is 0 Å². The van der Waals surface area contributed by atoms with E-state index in [1.807, 2.05) is 0 Å². The molecule has 10 nitrogen and oxygen atoms in total. The molecule has 2 aromatic rings. The Morgan fingerprint density at radius 3 is 2.65 bits per heavy atom. The molecule has 1 aromatic carbocycles. The highest BCUT2D eigenvalue weighted by Crippen LogP contribution is 2.28. The lowest BCUT2D eigenvalue weighted by Gasteiger charge is -2.09. The van der Waals surface area contributed by atoms with Crippen LogP contribution in [0.5, 0.6) is 5.75 Å². The summed E-state index contributed by atoms with van der Waals surface area (Å²) in [5, 5.41) is 26.8. The zero-order valence-corrected chi connectivity index (χ0v) is 16.2. The number of sulfone groups is 1. The summed E-state index contributed by atoms with van der Waals surface area (Å²) in [6.07, 6.45) is 0. The van der Waals surface area contributed by atoms with Gasteiger partial charge >= 0.3 is 5.82 Å². The lowest BCUT2D eigenvalue weighted by atomic mass is 10.3. The molecule has 12 heteroatoms. The second kappa shape index (κ2) is 7.41. The van der Waals surface area contributed by atoms with Gasteiger partial charge in [-0.05, 0) is 46.0 Å². The number of nitro groups is 1. The maximum absolute atomic E-state index is 12.2. The Morgan fingerprint density at radius 1 is 1.46 bits per heavy atom. The Bertz CT molecular complexity index is 986. The molecule has 0 aliphatic heterocycles. The van der Waals surface area contributed by atoms with Crippen molar-refractivity contribution in [3.8, 4) is 5.75 Å². The zero-order valence-electron chi connectivity index (χ0n) is 13.8. The Morgan fingerprint density at radius 2 is 2.12 bits per heavy atom. The molecule has 0 radical (unpaired) electrons. The van der Waals surface area contributed by atoms with Crippen LogP contribution in [0.4, 0.5) is 11.5 Å². The first-order valence-corrected chi connectivity index (χ1v) is 9.74. The fourth-order valence-corrected chi connectivity index (χ4v) is 3.41. The molecule has 1 heterocycles. The van der Waals surface area contributed by atoms with Gasteiger partial charge in [-0.25, -0.2) is 8.42 Å². The third-order valence-electron chi connectivity index (χ3n) is 3.56. The highest BCUT2D eigenvalue weighted by atomic mass is 79.9. The van der Waals surface area contributed by atoms with Crippen molar-refractivity contribution in [3.05, 3.63) is 38.5 Å². The number of halogens is 1. The lowest BCUT2D eigenvalue weighted by Crippen LogP contribution is -2.20. The van der Waals surface area contributed by atoms with Gasteiger partial charge in [-0.15, -0.1) is 0 Å². The first-order chi connectivity index (χ1) is 12.1. The highest BCUT2D eigenvalue weighted by Gasteiger charge is 2.25. The summed E-state index contributed by atoms with van der Waals surface area (Å²) in [6, 6.07) is 3.56. The quantitative estimate of drug-likeness (QED) is 0.391. The summed E-state index contributed by atoms with van der Waals surface area (Å²) < 4.78 is 25.1. The van der Waals surface area contributed by atoms with Gasteiger partial charge in [-0.1, -0.05) is 6.92 Å². The maximum atomic E-state index is 12.2. The number of amides is 1. The standard InChI is InChI=1S/C14H15BrN4O6S/c1-3-26(24,25)9-4-5-11(20)10(6-9)16-12(21)7-18-8(2)13(15)14(17-18)19(22)23/h4-6,20H,3,7H2,1-2H3,(H,16,21). The van der Waals surface area contributed by atoms with Crippen LogP contribution in [0, 0.1) is 17.0 Å². The van der Waals surface area contributed by atoms with Crippen LogP contribution in [0.3, 0.4) is 0 Å². The number of nitrogens with zero attached hydrogens (tertiary/aromatic N) is 3. The topological polar surface area (TPSA) is 144 Å². The minimum absolute atomic E-state index is 0.0400. The summed E-state index contributed by atoms with van der Waals surface area (Å²) in [4.78, 5) is 22.3. The monoisotopic (exact) mass is 446 g/mol. The van der Waals surface area contributed by atoms with E-state index in [-0.39, 0.29) is 33.1 Å². The Hall–Kier alpha value is -2.47.